The average molecular weight is 242 g/mol. The molecule has 15 heavy (non-hydrogen) atoms. The Kier molecular flexibility index (Phi) is 3.98. The molecule has 1 rings (SSSR count). The van der Waals surface area contributed by atoms with Crippen LogP contribution in [0.15, 0.2) is 30.3 Å². The van der Waals surface area contributed by atoms with Crippen molar-refractivity contribution in [1.82, 2.24) is 4.98 Å². The summed E-state index contributed by atoms with van der Waals surface area (Å²) in [5.41, 5.74) is 0. The van der Waals surface area contributed by atoms with E-state index in [-0.39, 0.29) is 5.04 Å². The van der Waals surface area contributed by atoms with Gasteiger partial charge in [-0.3, -0.25) is 0 Å². The standard InChI is InChI=1S/C12H20ClNSi/c1-5-14-15(13,12(2,3)4)11-9-7-6-8-10-11/h6-10,14H,5H2,1-4H3. The zero-order valence-corrected chi connectivity index (χ0v) is 11.7. The van der Waals surface area contributed by atoms with E-state index < -0.39 is 7.55 Å². The predicted octanol–water partition coefficient (Wildman–Crippen LogP) is 2.98. The highest BCUT2D eigenvalue weighted by Crippen LogP contribution is 2.36. The molecule has 1 N–H and O–H groups in total. The third-order valence-corrected chi connectivity index (χ3v) is 9.42. The Bertz CT molecular complexity index is 307. The first-order chi connectivity index (χ1) is 6.92. The van der Waals surface area contributed by atoms with Gasteiger partial charge in [0.2, 0.25) is 0 Å². The van der Waals surface area contributed by atoms with Gasteiger partial charge in [-0.25, -0.2) is 0 Å². The van der Waals surface area contributed by atoms with Gasteiger partial charge < -0.3 is 4.98 Å². The van der Waals surface area contributed by atoms with Gasteiger partial charge in [-0.2, -0.15) is 0 Å². The molecule has 84 valence electrons. The highest BCUT2D eigenvalue weighted by Gasteiger charge is 2.44. The minimum absolute atomic E-state index is 0.103. The van der Waals surface area contributed by atoms with Gasteiger partial charge in [0.05, 0.1) is 0 Å². The summed E-state index contributed by atoms with van der Waals surface area (Å²) in [6.07, 6.45) is 0. The van der Waals surface area contributed by atoms with Crippen LogP contribution in [0.25, 0.3) is 0 Å². The second kappa shape index (κ2) is 4.68. The highest BCUT2D eigenvalue weighted by molar-refractivity contribution is 7.27. The SMILES string of the molecule is CCN[Si](Cl)(c1ccccc1)C(C)(C)C. The van der Waals surface area contributed by atoms with Gasteiger partial charge in [-0.1, -0.05) is 58.0 Å². The molecule has 0 saturated heterocycles. The fourth-order valence-corrected chi connectivity index (χ4v) is 5.23. The van der Waals surface area contributed by atoms with Crippen LogP contribution < -0.4 is 10.2 Å². The molecule has 0 bridgehead atoms. The van der Waals surface area contributed by atoms with Crippen LogP contribution in [0.5, 0.6) is 0 Å². The Labute approximate surface area is 98.6 Å². The Morgan fingerprint density at radius 3 is 2.13 bits per heavy atom. The van der Waals surface area contributed by atoms with E-state index in [9.17, 15) is 0 Å². The summed E-state index contributed by atoms with van der Waals surface area (Å²) >= 11 is 6.87. The molecule has 0 aliphatic heterocycles. The van der Waals surface area contributed by atoms with Crippen molar-refractivity contribution in [2.24, 2.45) is 0 Å². The van der Waals surface area contributed by atoms with Crippen molar-refractivity contribution < 1.29 is 0 Å². The van der Waals surface area contributed by atoms with Crippen molar-refractivity contribution in [2.75, 3.05) is 6.54 Å². The minimum Gasteiger partial charge on any atom is -0.322 e. The molecule has 1 nitrogen and oxygen atoms in total. The number of nitrogens with one attached hydrogen (secondary N) is 1. The largest absolute Gasteiger partial charge is 0.322 e. The number of hydrogen-bond donors (Lipinski definition) is 1. The first-order valence-corrected chi connectivity index (χ1v) is 8.42. The summed E-state index contributed by atoms with van der Waals surface area (Å²) in [5.74, 6) is 0. The predicted molar refractivity (Wildman–Crippen MR) is 71.1 cm³/mol. The molecule has 0 aromatic heterocycles. The Morgan fingerprint density at radius 1 is 1.20 bits per heavy atom. The quantitative estimate of drug-likeness (QED) is 0.634. The van der Waals surface area contributed by atoms with Crippen LogP contribution in [-0.2, 0) is 0 Å². The van der Waals surface area contributed by atoms with Gasteiger partial charge >= 0.3 is 0 Å². The first kappa shape index (κ1) is 12.8. The second-order valence-electron chi connectivity index (χ2n) is 4.80. The topological polar surface area (TPSA) is 12.0 Å². The van der Waals surface area contributed by atoms with E-state index in [0.29, 0.717) is 0 Å². The molecule has 0 radical (unpaired) electrons. The van der Waals surface area contributed by atoms with Crippen molar-refractivity contribution in [2.45, 2.75) is 32.7 Å². The molecule has 0 spiro atoms. The van der Waals surface area contributed by atoms with Crippen LogP contribution in [0, 0.1) is 0 Å². The zero-order valence-electron chi connectivity index (χ0n) is 9.97. The van der Waals surface area contributed by atoms with E-state index in [4.69, 9.17) is 11.1 Å². The van der Waals surface area contributed by atoms with Gasteiger partial charge in [-0.15, -0.1) is 11.1 Å². The molecular weight excluding hydrogens is 222 g/mol. The maximum atomic E-state index is 6.87. The summed E-state index contributed by atoms with van der Waals surface area (Å²) < 4.78 is 0. The lowest BCUT2D eigenvalue weighted by Crippen LogP contribution is -2.61. The monoisotopic (exact) mass is 241 g/mol. The Hall–Kier alpha value is -0.313. The smallest absolute Gasteiger partial charge is 0.263 e. The van der Waals surface area contributed by atoms with Crippen LogP contribution in [0.4, 0.5) is 0 Å². The summed E-state index contributed by atoms with van der Waals surface area (Å²) in [6.45, 7) is 9.66. The van der Waals surface area contributed by atoms with Gasteiger partial charge in [0.15, 0.2) is 0 Å². The molecule has 1 aromatic rings. The van der Waals surface area contributed by atoms with Gasteiger partial charge in [0, 0.05) is 0 Å². The van der Waals surface area contributed by atoms with Crippen molar-refractivity contribution >= 4 is 23.8 Å². The van der Waals surface area contributed by atoms with E-state index in [1.54, 1.807) is 0 Å². The summed E-state index contributed by atoms with van der Waals surface area (Å²) in [7, 11) is -2.10. The average Bonchev–Trinajstić information content (AvgIpc) is 2.18. The third-order valence-electron chi connectivity index (χ3n) is 2.63. The highest BCUT2D eigenvalue weighted by atomic mass is 35.6. The molecular formula is C12H20ClNSi. The van der Waals surface area contributed by atoms with E-state index >= 15 is 0 Å². The van der Waals surface area contributed by atoms with Crippen LogP contribution in [-0.4, -0.2) is 14.1 Å². The zero-order chi connectivity index (χ0) is 11.5. The molecule has 1 aromatic carbocycles. The van der Waals surface area contributed by atoms with Crippen molar-refractivity contribution in [3.05, 3.63) is 30.3 Å². The molecule has 0 saturated carbocycles. The summed E-state index contributed by atoms with van der Waals surface area (Å²) in [4.78, 5) is 3.52. The summed E-state index contributed by atoms with van der Waals surface area (Å²) in [6, 6.07) is 10.4. The maximum absolute atomic E-state index is 6.87. The number of benzene rings is 1. The van der Waals surface area contributed by atoms with Crippen LogP contribution in [0.1, 0.15) is 27.7 Å². The second-order valence-corrected chi connectivity index (χ2v) is 10.3. The summed E-state index contributed by atoms with van der Waals surface area (Å²) in [5, 5.41) is 1.37. The molecule has 0 amide bonds. The van der Waals surface area contributed by atoms with Gasteiger partial charge in [-0.05, 0) is 16.8 Å². The lowest BCUT2D eigenvalue weighted by molar-refractivity contribution is 0.711. The van der Waals surface area contributed by atoms with E-state index in [2.05, 4.69) is 56.9 Å². The lowest BCUT2D eigenvalue weighted by atomic mass is 10.2. The lowest BCUT2D eigenvalue weighted by Gasteiger charge is -2.37. The maximum Gasteiger partial charge on any atom is 0.263 e. The molecule has 3 heteroatoms. The minimum atomic E-state index is -2.10. The molecule has 0 heterocycles. The molecule has 1 atom stereocenters. The van der Waals surface area contributed by atoms with Gasteiger partial charge in [0.1, 0.15) is 0 Å². The van der Waals surface area contributed by atoms with E-state index in [1.807, 2.05) is 6.07 Å². The third kappa shape index (κ3) is 2.62. The fourth-order valence-electron chi connectivity index (χ4n) is 1.71. The van der Waals surface area contributed by atoms with Crippen molar-refractivity contribution in [3.8, 4) is 0 Å². The molecule has 0 aliphatic rings. The number of rotatable bonds is 3. The molecule has 0 aliphatic carbocycles. The number of hydrogen-bond acceptors (Lipinski definition) is 1. The fraction of sp³-hybridized carbons (Fsp3) is 0.500. The van der Waals surface area contributed by atoms with Gasteiger partial charge in [0.25, 0.3) is 7.55 Å². The Balaban J connectivity index is 3.13. The van der Waals surface area contributed by atoms with Crippen LogP contribution in [0.2, 0.25) is 5.04 Å². The van der Waals surface area contributed by atoms with E-state index in [1.165, 1.54) is 5.19 Å². The van der Waals surface area contributed by atoms with Crippen molar-refractivity contribution in [3.63, 3.8) is 0 Å². The van der Waals surface area contributed by atoms with Crippen LogP contribution in [0.3, 0.4) is 0 Å². The van der Waals surface area contributed by atoms with E-state index in [0.717, 1.165) is 6.54 Å². The Morgan fingerprint density at radius 2 is 1.73 bits per heavy atom. The van der Waals surface area contributed by atoms with Crippen LogP contribution >= 0.6 is 11.1 Å². The number of halogens is 1. The normalized spacial score (nSPS) is 16.1. The first-order valence-electron chi connectivity index (χ1n) is 5.41. The molecule has 0 fully saturated rings. The van der Waals surface area contributed by atoms with Crippen molar-refractivity contribution in [1.29, 1.82) is 0 Å². The molecule has 1 unspecified atom stereocenters.